The van der Waals surface area contributed by atoms with Crippen molar-refractivity contribution in [2.45, 2.75) is 19.8 Å². The highest BCUT2D eigenvalue weighted by Crippen LogP contribution is 2.21. The summed E-state index contributed by atoms with van der Waals surface area (Å²) in [7, 11) is 0. The number of benzene rings is 3. The van der Waals surface area contributed by atoms with Crippen molar-refractivity contribution in [1.29, 1.82) is 0 Å². The van der Waals surface area contributed by atoms with E-state index >= 15 is 0 Å². The Labute approximate surface area is 171 Å². The number of ether oxygens (including phenoxy) is 2. The average molecular weight is 388 g/mol. The normalized spacial score (nSPS) is 10.4. The van der Waals surface area contributed by atoms with Crippen molar-refractivity contribution in [3.8, 4) is 16.9 Å². The summed E-state index contributed by atoms with van der Waals surface area (Å²) in [5.41, 5.74) is 2.94. The molecule has 148 valence electrons. The number of para-hydroxylation sites is 1. The van der Waals surface area contributed by atoms with Crippen LogP contribution in [0.4, 0.5) is 0 Å². The number of unbranched alkanes of at least 4 members (excludes halogenated alkanes) is 1. The molecule has 0 bridgehead atoms. The highest BCUT2D eigenvalue weighted by molar-refractivity contribution is 6.00. The smallest absolute Gasteiger partial charge is 0.342 e. The van der Waals surface area contributed by atoms with E-state index in [1.807, 2.05) is 42.5 Å². The van der Waals surface area contributed by atoms with E-state index < -0.39 is 5.97 Å². The monoisotopic (exact) mass is 388 g/mol. The van der Waals surface area contributed by atoms with Gasteiger partial charge in [-0.1, -0.05) is 80.1 Å². The fraction of sp³-hybridized carbons (Fsp3) is 0.200. The van der Waals surface area contributed by atoms with Crippen molar-refractivity contribution >= 4 is 11.8 Å². The van der Waals surface area contributed by atoms with Crippen molar-refractivity contribution in [3.63, 3.8) is 0 Å². The predicted molar refractivity (Wildman–Crippen MR) is 113 cm³/mol. The molecule has 0 N–H and O–H groups in total. The van der Waals surface area contributed by atoms with Gasteiger partial charge < -0.3 is 9.47 Å². The summed E-state index contributed by atoms with van der Waals surface area (Å²) in [6.45, 7) is 2.29. The van der Waals surface area contributed by atoms with Gasteiger partial charge in [0.25, 0.3) is 0 Å². The summed E-state index contributed by atoms with van der Waals surface area (Å²) in [4.78, 5) is 24.8. The molecule has 0 spiro atoms. The van der Waals surface area contributed by atoms with Gasteiger partial charge in [0.1, 0.15) is 11.3 Å². The standard InChI is InChI=1S/C25H24O4/c1-2-3-17-28-24-12-8-7-11-22(24)25(27)29-18-23(26)21-15-13-20(14-16-21)19-9-5-4-6-10-19/h4-16H,2-3,17-18H2,1H3. The molecular formula is C25H24O4. The lowest BCUT2D eigenvalue weighted by molar-refractivity contribution is 0.0470. The maximum atomic E-state index is 12.4. The summed E-state index contributed by atoms with van der Waals surface area (Å²) < 4.78 is 10.9. The highest BCUT2D eigenvalue weighted by Gasteiger charge is 2.16. The Hall–Kier alpha value is -3.40. The molecule has 0 saturated carbocycles. The van der Waals surface area contributed by atoms with E-state index in [9.17, 15) is 9.59 Å². The molecule has 29 heavy (non-hydrogen) atoms. The third-order valence-electron chi connectivity index (χ3n) is 4.51. The quantitative estimate of drug-likeness (QED) is 0.273. The first-order chi connectivity index (χ1) is 14.2. The lowest BCUT2D eigenvalue weighted by atomic mass is 10.0. The minimum absolute atomic E-state index is 0.248. The van der Waals surface area contributed by atoms with Crippen LogP contribution in [0.15, 0.2) is 78.9 Å². The number of esters is 1. The van der Waals surface area contributed by atoms with Crippen LogP contribution in [0.3, 0.4) is 0 Å². The third-order valence-corrected chi connectivity index (χ3v) is 4.51. The number of Topliss-reactive ketones (excluding diaryl/α,β-unsaturated/α-hetero) is 1. The average Bonchev–Trinajstić information content (AvgIpc) is 2.78. The lowest BCUT2D eigenvalue weighted by Gasteiger charge is -2.11. The molecule has 3 aromatic carbocycles. The van der Waals surface area contributed by atoms with Crippen molar-refractivity contribution in [3.05, 3.63) is 90.0 Å². The maximum Gasteiger partial charge on any atom is 0.342 e. The number of hydrogen-bond donors (Lipinski definition) is 0. The van der Waals surface area contributed by atoms with Gasteiger partial charge in [0.05, 0.1) is 6.61 Å². The van der Waals surface area contributed by atoms with Gasteiger partial charge in [0.15, 0.2) is 12.4 Å². The van der Waals surface area contributed by atoms with Crippen LogP contribution in [0, 0.1) is 0 Å². The molecule has 0 aliphatic carbocycles. The molecule has 0 aromatic heterocycles. The largest absolute Gasteiger partial charge is 0.493 e. The molecule has 4 nitrogen and oxygen atoms in total. The molecule has 3 rings (SSSR count). The fourth-order valence-electron chi connectivity index (χ4n) is 2.86. The van der Waals surface area contributed by atoms with Gasteiger partial charge in [-0.3, -0.25) is 4.79 Å². The minimum atomic E-state index is -0.564. The molecule has 0 saturated heterocycles. The van der Waals surface area contributed by atoms with E-state index in [1.54, 1.807) is 36.4 Å². The molecule has 0 heterocycles. The van der Waals surface area contributed by atoms with Gasteiger partial charge in [-0.15, -0.1) is 0 Å². The van der Waals surface area contributed by atoms with Crippen molar-refractivity contribution < 1.29 is 19.1 Å². The van der Waals surface area contributed by atoms with Gasteiger partial charge in [-0.2, -0.15) is 0 Å². The van der Waals surface area contributed by atoms with Crippen LogP contribution >= 0.6 is 0 Å². The van der Waals surface area contributed by atoms with E-state index in [1.165, 1.54) is 0 Å². The highest BCUT2D eigenvalue weighted by atomic mass is 16.5. The van der Waals surface area contributed by atoms with Crippen LogP contribution in [-0.2, 0) is 4.74 Å². The van der Waals surface area contributed by atoms with Crippen LogP contribution in [0.2, 0.25) is 0 Å². The van der Waals surface area contributed by atoms with Crippen LogP contribution < -0.4 is 4.74 Å². The van der Waals surface area contributed by atoms with Gasteiger partial charge in [-0.05, 0) is 29.7 Å². The van der Waals surface area contributed by atoms with Gasteiger partial charge in [-0.25, -0.2) is 4.79 Å². The molecule has 0 amide bonds. The van der Waals surface area contributed by atoms with Crippen molar-refractivity contribution in [2.24, 2.45) is 0 Å². The summed E-state index contributed by atoms with van der Waals surface area (Å²) in [5.74, 6) is -0.334. The van der Waals surface area contributed by atoms with Gasteiger partial charge >= 0.3 is 5.97 Å². The number of rotatable bonds is 9. The molecule has 0 fully saturated rings. The third kappa shape index (κ3) is 5.55. The van der Waals surface area contributed by atoms with Gasteiger partial charge in [0, 0.05) is 5.56 Å². The number of carbonyl (C=O) groups excluding carboxylic acids is 2. The topological polar surface area (TPSA) is 52.6 Å². The second-order valence-electron chi connectivity index (χ2n) is 6.64. The second kappa shape index (κ2) is 10.2. The first-order valence-corrected chi connectivity index (χ1v) is 9.76. The summed E-state index contributed by atoms with van der Waals surface area (Å²) in [5, 5.41) is 0. The molecule has 3 aromatic rings. The molecular weight excluding hydrogens is 364 g/mol. The summed E-state index contributed by atoms with van der Waals surface area (Å²) in [6.07, 6.45) is 1.91. The minimum Gasteiger partial charge on any atom is -0.493 e. The van der Waals surface area contributed by atoms with E-state index in [0.717, 1.165) is 24.0 Å². The lowest BCUT2D eigenvalue weighted by Crippen LogP contribution is -2.15. The fourth-order valence-corrected chi connectivity index (χ4v) is 2.86. The zero-order valence-electron chi connectivity index (χ0n) is 16.5. The maximum absolute atomic E-state index is 12.4. The summed E-state index contributed by atoms with van der Waals surface area (Å²) >= 11 is 0. The Morgan fingerprint density at radius 1 is 0.793 bits per heavy atom. The first-order valence-electron chi connectivity index (χ1n) is 9.76. The molecule has 0 radical (unpaired) electrons. The molecule has 4 heteroatoms. The molecule has 0 aliphatic heterocycles. The van der Waals surface area contributed by atoms with Crippen LogP contribution in [0.1, 0.15) is 40.5 Å². The van der Waals surface area contributed by atoms with Crippen molar-refractivity contribution in [2.75, 3.05) is 13.2 Å². The number of carbonyl (C=O) groups is 2. The Kier molecular flexibility index (Phi) is 7.17. The predicted octanol–water partition coefficient (Wildman–Crippen LogP) is 5.57. The molecule has 0 unspecified atom stereocenters. The van der Waals surface area contributed by atoms with Crippen LogP contribution in [0.25, 0.3) is 11.1 Å². The SMILES string of the molecule is CCCCOc1ccccc1C(=O)OCC(=O)c1ccc(-c2ccccc2)cc1. The first kappa shape index (κ1) is 20.3. The van der Waals surface area contributed by atoms with Crippen LogP contribution in [-0.4, -0.2) is 25.0 Å². The van der Waals surface area contributed by atoms with E-state index in [0.29, 0.717) is 23.5 Å². The van der Waals surface area contributed by atoms with E-state index in [4.69, 9.17) is 9.47 Å². The zero-order valence-corrected chi connectivity index (χ0v) is 16.5. The Morgan fingerprint density at radius 3 is 2.17 bits per heavy atom. The second-order valence-corrected chi connectivity index (χ2v) is 6.64. The Balaban J connectivity index is 1.60. The Morgan fingerprint density at radius 2 is 1.45 bits per heavy atom. The number of hydrogen-bond acceptors (Lipinski definition) is 4. The van der Waals surface area contributed by atoms with Crippen molar-refractivity contribution in [1.82, 2.24) is 0 Å². The number of ketones is 1. The van der Waals surface area contributed by atoms with Crippen LogP contribution in [0.5, 0.6) is 5.75 Å². The zero-order chi connectivity index (χ0) is 20.5. The molecule has 0 aliphatic rings. The molecule has 0 atom stereocenters. The summed E-state index contributed by atoms with van der Waals surface area (Å²) in [6, 6.07) is 24.1. The van der Waals surface area contributed by atoms with E-state index in [2.05, 4.69) is 6.92 Å². The Bertz CT molecular complexity index is 946. The van der Waals surface area contributed by atoms with E-state index in [-0.39, 0.29) is 12.4 Å². The van der Waals surface area contributed by atoms with Gasteiger partial charge in [0.2, 0.25) is 0 Å².